The van der Waals surface area contributed by atoms with Crippen molar-refractivity contribution < 1.29 is 17.9 Å². The minimum Gasteiger partial charge on any atom is -0.427 e. The van der Waals surface area contributed by atoms with Gasteiger partial charge in [-0.2, -0.15) is 8.42 Å². The lowest BCUT2D eigenvalue weighted by molar-refractivity contribution is -0.134. The summed E-state index contributed by atoms with van der Waals surface area (Å²) in [7, 11) is -1.92. The maximum absolute atomic E-state index is 12.2. The first kappa shape index (κ1) is 17.2. The van der Waals surface area contributed by atoms with Gasteiger partial charge in [0.05, 0.1) is 0 Å². The number of esters is 1. The number of anilines is 1. The summed E-state index contributed by atoms with van der Waals surface area (Å²) >= 11 is 0. The topological polar surface area (TPSA) is 76.0 Å². The van der Waals surface area contributed by atoms with E-state index in [4.69, 9.17) is 4.74 Å². The number of nitrogens with zero attached hydrogens (tertiary/aromatic N) is 2. The minimum atomic E-state index is -3.66. The number of rotatable bonds is 4. The highest BCUT2D eigenvalue weighted by molar-refractivity contribution is 7.90. The van der Waals surface area contributed by atoms with Crippen LogP contribution in [0.25, 0.3) is 0 Å². The van der Waals surface area contributed by atoms with E-state index in [0.717, 1.165) is 12.1 Å². The summed E-state index contributed by atoms with van der Waals surface area (Å²) in [5.41, 5.74) is 1.31. The Labute approximate surface area is 146 Å². The zero-order chi connectivity index (χ0) is 18.0. The van der Waals surface area contributed by atoms with Gasteiger partial charge < -0.3 is 9.64 Å². The number of carbonyl (C=O) groups excluding carboxylic acids is 1. The molecule has 0 amide bonds. The maximum Gasteiger partial charge on any atom is 0.311 e. The molecule has 0 radical (unpaired) electrons. The van der Waals surface area contributed by atoms with Gasteiger partial charge in [-0.05, 0) is 42.8 Å². The van der Waals surface area contributed by atoms with Gasteiger partial charge in [0, 0.05) is 24.7 Å². The van der Waals surface area contributed by atoms with E-state index in [1.54, 1.807) is 60.5 Å². The second-order valence-corrected chi connectivity index (χ2v) is 7.24. The van der Waals surface area contributed by atoms with E-state index in [9.17, 15) is 13.2 Å². The first-order valence-electron chi connectivity index (χ1n) is 7.91. The molecule has 1 aliphatic rings. The Balaban J connectivity index is 1.85. The van der Waals surface area contributed by atoms with Crippen LogP contribution in [-0.2, 0) is 14.8 Å². The summed E-state index contributed by atoms with van der Waals surface area (Å²) in [4.78, 5) is 13.4. The number of ether oxygens (including phenoxy) is 1. The van der Waals surface area contributed by atoms with Gasteiger partial charge in [0.2, 0.25) is 0 Å². The van der Waals surface area contributed by atoms with Crippen molar-refractivity contribution in [1.29, 1.82) is 0 Å². The van der Waals surface area contributed by atoms with Crippen LogP contribution in [0.4, 0.5) is 5.69 Å². The first-order valence-corrected chi connectivity index (χ1v) is 9.35. The van der Waals surface area contributed by atoms with E-state index in [2.05, 4.69) is 4.40 Å². The van der Waals surface area contributed by atoms with Gasteiger partial charge in [-0.15, -0.1) is 4.40 Å². The largest absolute Gasteiger partial charge is 0.427 e. The van der Waals surface area contributed by atoms with E-state index >= 15 is 0 Å². The maximum atomic E-state index is 12.2. The Bertz CT molecular complexity index is 934. The zero-order valence-electron chi connectivity index (χ0n) is 14.0. The van der Waals surface area contributed by atoms with Crippen molar-refractivity contribution in [2.75, 3.05) is 11.9 Å². The van der Waals surface area contributed by atoms with Crippen LogP contribution in [0.2, 0.25) is 0 Å². The van der Waals surface area contributed by atoms with Crippen molar-refractivity contribution in [3.63, 3.8) is 0 Å². The van der Waals surface area contributed by atoms with Crippen LogP contribution in [0.5, 0.6) is 5.75 Å². The van der Waals surface area contributed by atoms with Gasteiger partial charge in [0.25, 0.3) is 10.0 Å². The van der Waals surface area contributed by atoms with E-state index in [-0.39, 0.29) is 10.9 Å². The van der Waals surface area contributed by atoms with Gasteiger partial charge in [-0.3, -0.25) is 4.79 Å². The van der Waals surface area contributed by atoms with Crippen LogP contribution in [-0.4, -0.2) is 27.3 Å². The predicted molar refractivity (Wildman–Crippen MR) is 95.6 cm³/mol. The Kier molecular flexibility index (Phi) is 4.59. The van der Waals surface area contributed by atoms with Crippen molar-refractivity contribution in [3.05, 3.63) is 54.1 Å². The average molecular weight is 358 g/mol. The summed E-state index contributed by atoms with van der Waals surface area (Å²) in [5.74, 6) is 0.548. The van der Waals surface area contributed by atoms with Gasteiger partial charge in [0.15, 0.2) is 5.84 Å². The highest BCUT2D eigenvalue weighted by Crippen LogP contribution is 2.29. The second-order valence-electron chi connectivity index (χ2n) is 5.66. The summed E-state index contributed by atoms with van der Waals surface area (Å²) < 4.78 is 33.4. The summed E-state index contributed by atoms with van der Waals surface area (Å²) in [6.45, 7) is 1.91. The van der Waals surface area contributed by atoms with Crippen LogP contribution < -0.4 is 9.64 Å². The summed E-state index contributed by atoms with van der Waals surface area (Å²) in [6.07, 6.45) is 1.10. The highest BCUT2D eigenvalue weighted by Gasteiger charge is 2.30. The van der Waals surface area contributed by atoms with E-state index in [1.807, 2.05) is 6.92 Å². The molecule has 0 fully saturated rings. The molecule has 0 spiro atoms. The Morgan fingerprint density at radius 2 is 1.80 bits per heavy atom. The highest BCUT2D eigenvalue weighted by atomic mass is 32.2. The lowest BCUT2D eigenvalue weighted by atomic mass is 10.2. The lowest BCUT2D eigenvalue weighted by Gasteiger charge is -2.19. The molecule has 2 aromatic carbocycles. The number of hydrogen-bond acceptors (Lipinski definition) is 5. The van der Waals surface area contributed by atoms with Gasteiger partial charge in [0.1, 0.15) is 10.6 Å². The van der Waals surface area contributed by atoms with E-state index in [0.29, 0.717) is 23.6 Å². The number of amidine groups is 1. The van der Waals surface area contributed by atoms with Crippen molar-refractivity contribution in [1.82, 2.24) is 0 Å². The van der Waals surface area contributed by atoms with Gasteiger partial charge in [-0.1, -0.05) is 19.1 Å². The molecule has 130 valence electrons. The molecule has 1 heterocycles. The molecule has 25 heavy (non-hydrogen) atoms. The van der Waals surface area contributed by atoms with Crippen molar-refractivity contribution in [3.8, 4) is 5.75 Å². The molecule has 0 saturated carbocycles. The van der Waals surface area contributed by atoms with Crippen molar-refractivity contribution in [2.45, 2.75) is 24.7 Å². The smallest absolute Gasteiger partial charge is 0.311 e. The molecule has 0 atom stereocenters. The molecule has 2 aromatic rings. The molecule has 7 heteroatoms. The van der Waals surface area contributed by atoms with Crippen molar-refractivity contribution >= 4 is 27.5 Å². The molecule has 3 rings (SSSR count). The number of benzene rings is 2. The third-order valence-electron chi connectivity index (χ3n) is 3.84. The molecule has 0 saturated heterocycles. The number of hydrogen-bond donors (Lipinski definition) is 0. The molecular formula is C18H18N2O4S. The zero-order valence-corrected chi connectivity index (χ0v) is 14.8. The number of carbonyl (C=O) groups is 1. The molecule has 6 nitrogen and oxygen atoms in total. The molecule has 1 aliphatic heterocycles. The molecule has 0 bridgehead atoms. The Hall–Kier alpha value is -2.67. The number of fused-ring (bicyclic) bond motifs is 1. The third-order valence-corrected chi connectivity index (χ3v) is 5.17. The van der Waals surface area contributed by atoms with Crippen LogP contribution in [0, 0.1) is 0 Å². The van der Waals surface area contributed by atoms with Crippen molar-refractivity contribution in [2.24, 2.45) is 4.40 Å². The predicted octanol–water partition coefficient (Wildman–Crippen LogP) is 2.98. The lowest BCUT2D eigenvalue weighted by Crippen LogP contribution is -2.25. The summed E-state index contributed by atoms with van der Waals surface area (Å²) in [6, 6.07) is 13.6. The average Bonchev–Trinajstić information content (AvgIpc) is 2.87. The minimum absolute atomic E-state index is 0.210. The number of sulfonamides is 1. The fourth-order valence-electron chi connectivity index (χ4n) is 2.58. The fourth-order valence-corrected chi connectivity index (χ4v) is 3.81. The summed E-state index contributed by atoms with van der Waals surface area (Å²) in [5, 5.41) is 0. The molecule has 0 unspecified atom stereocenters. The molecule has 0 N–H and O–H groups in total. The third kappa shape index (κ3) is 3.41. The first-order chi connectivity index (χ1) is 11.9. The molecule has 0 aliphatic carbocycles. The fraction of sp³-hybridized carbons (Fsp3) is 0.222. The quantitative estimate of drug-likeness (QED) is 0.620. The standard InChI is InChI=1S/C18H18N2O4S/c1-3-6-17(21)24-14-11-9-13(10-12-14)20(2)18-15-7-4-5-8-16(15)25(22,23)19-18/h4-5,7-12H,3,6H2,1-2H3. The normalized spacial score (nSPS) is 14.6. The van der Waals surface area contributed by atoms with E-state index in [1.165, 1.54) is 0 Å². The van der Waals surface area contributed by atoms with Crippen LogP contribution in [0.3, 0.4) is 0 Å². The van der Waals surface area contributed by atoms with Gasteiger partial charge in [-0.25, -0.2) is 0 Å². The molecule has 0 aromatic heterocycles. The van der Waals surface area contributed by atoms with Crippen LogP contribution >= 0.6 is 0 Å². The van der Waals surface area contributed by atoms with Crippen LogP contribution in [0.1, 0.15) is 25.3 Å². The SMILES string of the molecule is CCCC(=O)Oc1ccc(N(C)C2=NS(=O)(=O)c3ccccc32)cc1. The Morgan fingerprint density at radius 3 is 2.48 bits per heavy atom. The van der Waals surface area contributed by atoms with E-state index < -0.39 is 10.0 Å². The van der Waals surface area contributed by atoms with Crippen LogP contribution in [0.15, 0.2) is 57.8 Å². The monoisotopic (exact) mass is 358 g/mol. The van der Waals surface area contributed by atoms with Gasteiger partial charge >= 0.3 is 5.97 Å². The molecular weight excluding hydrogens is 340 g/mol. The Morgan fingerprint density at radius 1 is 1.12 bits per heavy atom. The second kappa shape index (κ2) is 6.68.